The van der Waals surface area contributed by atoms with Crippen molar-refractivity contribution in [1.82, 2.24) is 30.4 Å². The average Bonchev–Trinajstić information content (AvgIpc) is 3.06. The van der Waals surface area contributed by atoms with Gasteiger partial charge < -0.3 is 10.1 Å². The molecule has 10 heteroatoms. The number of imide groups is 1. The molecule has 3 rings (SSSR count). The maximum Gasteiger partial charge on any atom is 0.325 e. The first-order chi connectivity index (χ1) is 11.0. The third-order valence-electron chi connectivity index (χ3n) is 3.99. The zero-order valence-corrected chi connectivity index (χ0v) is 14.0. The highest BCUT2D eigenvalue weighted by atomic mass is 32.2. The lowest BCUT2D eigenvalue weighted by Gasteiger charge is -2.22. The fraction of sp³-hybridized carbons (Fsp3) is 0.769. The van der Waals surface area contributed by atoms with E-state index >= 15 is 0 Å². The van der Waals surface area contributed by atoms with Gasteiger partial charge in [-0.05, 0) is 37.1 Å². The maximum atomic E-state index is 12.1. The molecule has 1 N–H and O–H groups in total. The zero-order valence-electron chi connectivity index (χ0n) is 13.2. The fourth-order valence-electron chi connectivity index (χ4n) is 2.69. The smallest absolute Gasteiger partial charge is 0.325 e. The molecule has 3 heterocycles. The molecule has 0 bridgehead atoms. The van der Waals surface area contributed by atoms with Gasteiger partial charge >= 0.3 is 6.03 Å². The Hall–Kier alpha value is -1.68. The van der Waals surface area contributed by atoms with Crippen LogP contribution in [0.15, 0.2) is 5.16 Å². The second-order valence-electron chi connectivity index (χ2n) is 6.11. The quantitative estimate of drug-likeness (QED) is 0.613. The predicted molar refractivity (Wildman–Crippen MR) is 82.0 cm³/mol. The van der Waals surface area contributed by atoms with Gasteiger partial charge in [-0.3, -0.25) is 9.69 Å². The molecule has 2 fully saturated rings. The van der Waals surface area contributed by atoms with Crippen LogP contribution in [0.4, 0.5) is 4.79 Å². The van der Waals surface area contributed by atoms with Crippen molar-refractivity contribution in [3.05, 3.63) is 0 Å². The van der Waals surface area contributed by atoms with Crippen molar-refractivity contribution in [2.75, 3.05) is 25.5 Å². The largest absolute Gasteiger partial charge is 0.381 e. The molecule has 1 aromatic heterocycles. The van der Waals surface area contributed by atoms with Crippen LogP contribution in [0.25, 0.3) is 0 Å². The molecule has 2 aliphatic rings. The Morgan fingerprint density at radius 3 is 2.74 bits per heavy atom. The van der Waals surface area contributed by atoms with Gasteiger partial charge in [-0.1, -0.05) is 11.8 Å². The number of aromatic nitrogens is 4. The van der Waals surface area contributed by atoms with E-state index in [2.05, 4.69) is 20.8 Å². The Bertz CT molecular complexity index is 598. The van der Waals surface area contributed by atoms with Crippen LogP contribution in [-0.4, -0.2) is 68.1 Å². The Labute approximate surface area is 138 Å². The number of tetrazole rings is 1. The van der Waals surface area contributed by atoms with Gasteiger partial charge in [0.2, 0.25) is 5.16 Å². The second-order valence-corrected chi connectivity index (χ2v) is 7.17. The Kier molecular flexibility index (Phi) is 4.53. The normalized spacial score (nSPS) is 21.7. The van der Waals surface area contributed by atoms with Crippen molar-refractivity contribution >= 4 is 23.7 Å². The SMILES string of the molecule is CC1(C)NC(=O)N(CCSc2nnnn2C2CCOCC2)C1=O. The lowest BCUT2D eigenvalue weighted by Crippen LogP contribution is -2.40. The Morgan fingerprint density at radius 1 is 1.35 bits per heavy atom. The molecule has 23 heavy (non-hydrogen) atoms. The van der Waals surface area contributed by atoms with E-state index in [-0.39, 0.29) is 18.0 Å². The number of ether oxygens (including phenoxy) is 1. The number of rotatable bonds is 5. The first kappa shape index (κ1) is 16.2. The van der Waals surface area contributed by atoms with Gasteiger partial charge in [-0.2, -0.15) is 0 Å². The van der Waals surface area contributed by atoms with Crippen LogP contribution in [-0.2, 0) is 9.53 Å². The molecule has 3 amide bonds. The number of thioether (sulfide) groups is 1. The van der Waals surface area contributed by atoms with Gasteiger partial charge in [-0.15, -0.1) is 5.10 Å². The van der Waals surface area contributed by atoms with Crippen LogP contribution < -0.4 is 5.32 Å². The number of carbonyl (C=O) groups excluding carboxylic acids is 2. The first-order valence-corrected chi connectivity index (χ1v) is 8.60. The van der Waals surface area contributed by atoms with Gasteiger partial charge in [0.05, 0.1) is 6.04 Å². The van der Waals surface area contributed by atoms with Gasteiger partial charge in [0.15, 0.2) is 0 Å². The van der Waals surface area contributed by atoms with E-state index in [1.807, 2.05) is 4.68 Å². The minimum absolute atomic E-state index is 0.202. The molecule has 0 aliphatic carbocycles. The molecule has 2 saturated heterocycles. The van der Waals surface area contributed by atoms with E-state index in [0.29, 0.717) is 30.7 Å². The zero-order chi connectivity index (χ0) is 16.4. The van der Waals surface area contributed by atoms with Gasteiger partial charge in [0.1, 0.15) is 5.54 Å². The number of nitrogens with one attached hydrogen (secondary N) is 1. The van der Waals surface area contributed by atoms with E-state index < -0.39 is 5.54 Å². The summed E-state index contributed by atoms with van der Waals surface area (Å²) in [5.74, 6) is 0.353. The maximum absolute atomic E-state index is 12.1. The third kappa shape index (κ3) is 3.32. The van der Waals surface area contributed by atoms with Crippen LogP contribution >= 0.6 is 11.8 Å². The lowest BCUT2D eigenvalue weighted by molar-refractivity contribution is -0.130. The van der Waals surface area contributed by atoms with E-state index in [4.69, 9.17) is 4.74 Å². The standard InChI is InChI=1S/C13H20N6O3S/c1-13(2)10(20)18(11(21)14-13)5-8-23-12-15-16-17-19(12)9-3-6-22-7-4-9/h9H,3-8H2,1-2H3,(H,14,21). The second kappa shape index (κ2) is 6.44. The molecule has 0 atom stereocenters. The number of nitrogens with zero attached hydrogens (tertiary/aromatic N) is 5. The van der Waals surface area contributed by atoms with Crippen molar-refractivity contribution in [2.24, 2.45) is 0 Å². The molecule has 0 saturated carbocycles. The summed E-state index contributed by atoms with van der Waals surface area (Å²) < 4.78 is 7.17. The van der Waals surface area contributed by atoms with Crippen molar-refractivity contribution in [1.29, 1.82) is 0 Å². The molecule has 1 aromatic rings. The molecular weight excluding hydrogens is 320 g/mol. The number of hydrogen-bond acceptors (Lipinski definition) is 7. The highest BCUT2D eigenvalue weighted by Crippen LogP contribution is 2.25. The highest BCUT2D eigenvalue weighted by molar-refractivity contribution is 7.99. The third-order valence-corrected chi connectivity index (χ3v) is 4.90. The molecule has 126 valence electrons. The van der Waals surface area contributed by atoms with E-state index in [1.165, 1.54) is 16.7 Å². The molecule has 0 unspecified atom stereocenters. The minimum Gasteiger partial charge on any atom is -0.381 e. The first-order valence-electron chi connectivity index (χ1n) is 7.61. The monoisotopic (exact) mass is 340 g/mol. The molecular formula is C13H20N6O3S. The number of amides is 3. The minimum atomic E-state index is -0.828. The Morgan fingerprint density at radius 2 is 2.09 bits per heavy atom. The van der Waals surface area contributed by atoms with Gasteiger partial charge in [0.25, 0.3) is 5.91 Å². The van der Waals surface area contributed by atoms with Crippen LogP contribution in [0.5, 0.6) is 0 Å². The summed E-state index contributed by atoms with van der Waals surface area (Å²) in [6, 6.07) is -0.0958. The summed E-state index contributed by atoms with van der Waals surface area (Å²) in [5.41, 5.74) is -0.828. The molecule has 2 aliphatic heterocycles. The molecule has 0 radical (unpaired) electrons. The summed E-state index contributed by atoms with van der Waals surface area (Å²) in [6.07, 6.45) is 1.78. The summed E-state index contributed by atoms with van der Waals surface area (Å²) in [7, 11) is 0. The lowest BCUT2D eigenvalue weighted by atomic mass is 10.1. The number of urea groups is 1. The van der Waals surface area contributed by atoms with E-state index in [9.17, 15) is 9.59 Å². The van der Waals surface area contributed by atoms with E-state index in [0.717, 1.165) is 12.8 Å². The highest BCUT2D eigenvalue weighted by Gasteiger charge is 2.43. The Balaban J connectivity index is 1.56. The van der Waals surface area contributed by atoms with Gasteiger partial charge in [0, 0.05) is 25.5 Å². The molecule has 0 aromatic carbocycles. The number of hydrogen-bond donors (Lipinski definition) is 1. The van der Waals surface area contributed by atoms with Crippen molar-refractivity contribution in [3.63, 3.8) is 0 Å². The van der Waals surface area contributed by atoms with Crippen molar-refractivity contribution in [3.8, 4) is 0 Å². The van der Waals surface area contributed by atoms with E-state index in [1.54, 1.807) is 13.8 Å². The molecule has 9 nitrogen and oxygen atoms in total. The summed E-state index contributed by atoms with van der Waals surface area (Å²) in [5, 5.41) is 15.2. The van der Waals surface area contributed by atoms with Crippen LogP contribution in [0.2, 0.25) is 0 Å². The topological polar surface area (TPSA) is 102 Å². The van der Waals surface area contributed by atoms with Crippen LogP contribution in [0.3, 0.4) is 0 Å². The van der Waals surface area contributed by atoms with Crippen LogP contribution in [0.1, 0.15) is 32.7 Å². The summed E-state index contributed by atoms with van der Waals surface area (Å²) in [4.78, 5) is 25.2. The predicted octanol–water partition coefficient (Wildman–Crippen LogP) is 0.447. The molecule has 0 spiro atoms. The van der Waals surface area contributed by atoms with Crippen molar-refractivity contribution < 1.29 is 14.3 Å². The number of carbonyl (C=O) groups is 2. The van der Waals surface area contributed by atoms with Crippen LogP contribution in [0, 0.1) is 0 Å². The van der Waals surface area contributed by atoms with Gasteiger partial charge in [-0.25, -0.2) is 9.48 Å². The average molecular weight is 340 g/mol. The fourth-order valence-corrected chi connectivity index (χ4v) is 3.56. The summed E-state index contributed by atoms with van der Waals surface area (Å²) in [6.45, 7) is 5.16. The van der Waals surface area contributed by atoms with Crippen molar-refractivity contribution in [2.45, 2.75) is 43.4 Å². The summed E-state index contributed by atoms with van der Waals surface area (Å²) >= 11 is 1.45.